The van der Waals surface area contributed by atoms with Crippen molar-refractivity contribution in [3.8, 4) is 0 Å². The molecule has 0 saturated heterocycles. The zero-order chi connectivity index (χ0) is 9.84. The van der Waals surface area contributed by atoms with E-state index in [0.29, 0.717) is 5.02 Å². The van der Waals surface area contributed by atoms with Gasteiger partial charge < -0.3 is 4.79 Å². The van der Waals surface area contributed by atoms with Crippen LogP contribution in [0.3, 0.4) is 0 Å². The van der Waals surface area contributed by atoms with Gasteiger partial charge in [-0.05, 0) is 41.1 Å². The minimum atomic E-state index is -0.0301. The first kappa shape index (κ1) is 11.1. The van der Waals surface area contributed by atoms with E-state index in [2.05, 4.69) is 15.9 Å². The molecule has 1 unspecified atom stereocenters. The van der Waals surface area contributed by atoms with Crippen LogP contribution in [-0.2, 0) is 4.79 Å². The second kappa shape index (κ2) is 5.03. The summed E-state index contributed by atoms with van der Waals surface area (Å²) < 4.78 is 0.929. The molecule has 0 aliphatic heterocycles. The van der Waals surface area contributed by atoms with Gasteiger partial charge in [0.15, 0.2) is 0 Å². The minimum Gasteiger partial charge on any atom is -0.302 e. The average molecular weight is 280 g/mol. The Kier molecular flexibility index (Phi) is 4.29. The van der Waals surface area contributed by atoms with E-state index in [4.69, 9.17) is 11.6 Å². The Morgan fingerprint density at radius 2 is 2.31 bits per heavy atom. The van der Waals surface area contributed by atoms with Gasteiger partial charge in [-0.25, -0.2) is 0 Å². The second-order valence-electron chi connectivity index (χ2n) is 2.53. The number of rotatable bonds is 3. The van der Waals surface area contributed by atoms with Crippen molar-refractivity contribution in [1.82, 2.24) is 0 Å². The van der Waals surface area contributed by atoms with Crippen molar-refractivity contribution in [2.75, 3.05) is 0 Å². The summed E-state index contributed by atoms with van der Waals surface area (Å²) in [5.41, 5.74) is 0. The van der Waals surface area contributed by atoms with Gasteiger partial charge in [0.2, 0.25) is 0 Å². The van der Waals surface area contributed by atoms with Gasteiger partial charge >= 0.3 is 0 Å². The molecule has 0 saturated carbocycles. The summed E-state index contributed by atoms with van der Waals surface area (Å²) in [6.07, 6.45) is 0.922. The van der Waals surface area contributed by atoms with E-state index in [1.165, 1.54) is 11.8 Å². The second-order valence-corrected chi connectivity index (χ2v) is 5.24. The molecule has 0 spiro atoms. The third-order valence-corrected chi connectivity index (χ3v) is 3.64. The third-order valence-electron chi connectivity index (χ3n) is 1.40. The van der Waals surface area contributed by atoms with Gasteiger partial charge in [-0.1, -0.05) is 11.6 Å². The molecule has 4 heteroatoms. The Hall–Kier alpha value is 0.01000. The normalized spacial score (nSPS) is 12.5. The monoisotopic (exact) mass is 278 g/mol. The molecule has 0 amide bonds. The third kappa shape index (κ3) is 3.33. The van der Waals surface area contributed by atoms with Gasteiger partial charge in [0, 0.05) is 14.4 Å². The predicted molar refractivity (Wildman–Crippen MR) is 60.5 cm³/mol. The lowest BCUT2D eigenvalue weighted by Crippen LogP contribution is -1.95. The predicted octanol–water partition coefficient (Wildman–Crippen LogP) is 3.78. The first-order chi connectivity index (χ1) is 6.13. The Balaban J connectivity index is 2.83. The van der Waals surface area contributed by atoms with Gasteiger partial charge in [0.1, 0.15) is 6.29 Å². The maximum absolute atomic E-state index is 10.4. The number of benzene rings is 1. The van der Waals surface area contributed by atoms with Crippen molar-refractivity contribution in [3.63, 3.8) is 0 Å². The van der Waals surface area contributed by atoms with Crippen LogP contribution in [0.2, 0.25) is 5.02 Å². The number of aldehydes is 1. The summed E-state index contributed by atoms with van der Waals surface area (Å²) in [7, 11) is 0. The molecule has 0 heterocycles. The van der Waals surface area contributed by atoms with E-state index in [9.17, 15) is 4.79 Å². The zero-order valence-corrected chi connectivity index (χ0v) is 10.1. The molecule has 0 N–H and O–H groups in total. The molecule has 1 aromatic carbocycles. The van der Waals surface area contributed by atoms with Crippen molar-refractivity contribution in [1.29, 1.82) is 0 Å². The summed E-state index contributed by atoms with van der Waals surface area (Å²) >= 11 is 10.7. The molecule has 0 bridgehead atoms. The summed E-state index contributed by atoms with van der Waals surface area (Å²) in [6.45, 7) is 1.86. The molecule has 1 nitrogen and oxygen atoms in total. The lowest BCUT2D eigenvalue weighted by atomic mass is 10.4. The summed E-state index contributed by atoms with van der Waals surface area (Å²) in [5, 5.41) is 0.660. The fraction of sp³-hybridized carbons (Fsp3) is 0.222. The summed E-state index contributed by atoms with van der Waals surface area (Å²) in [6, 6.07) is 5.53. The number of thioether (sulfide) groups is 1. The van der Waals surface area contributed by atoms with Crippen LogP contribution in [0.4, 0.5) is 0 Å². The Morgan fingerprint density at radius 3 is 2.85 bits per heavy atom. The molecule has 1 atom stereocenters. The van der Waals surface area contributed by atoms with Crippen LogP contribution in [0.15, 0.2) is 27.6 Å². The van der Waals surface area contributed by atoms with Crippen molar-refractivity contribution in [3.05, 3.63) is 27.7 Å². The van der Waals surface area contributed by atoms with Crippen LogP contribution in [0.1, 0.15) is 6.92 Å². The van der Waals surface area contributed by atoms with Crippen molar-refractivity contribution < 1.29 is 4.79 Å². The van der Waals surface area contributed by atoms with Crippen molar-refractivity contribution in [2.45, 2.75) is 17.1 Å². The van der Waals surface area contributed by atoms with Gasteiger partial charge in [-0.2, -0.15) is 0 Å². The molecule has 1 aromatic rings. The smallest absolute Gasteiger partial charge is 0.133 e. The van der Waals surface area contributed by atoms with Gasteiger partial charge in [0.25, 0.3) is 0 Å². The standard InChI is InChI=1S/C9H8BrClOS/c1-6(5-12)13-9-3-2-7(11)4-8(9)10/h2-6H,1H3. The minimum absolute atomic E-state index is 0.0301. The molecular formula is C9H8BrClOS. The zero-order valence-electron chi connectivity index (χ0n) is 6.96. The molecule has 0 radical (unpaired) electrons. The number of halogens is 2. The van der Waals surface area contributed by atoms with Gasteiger partial charge in [-0.15, -0.1) is 11.8 Å². The van der Waals surface area contributed by atoms with Crippen LogP contribution in [0.5, 0.6) is 0 Å². The largest absolute Gasteiger partial charge is 0.302 e. The fourth-order valence-electron chi connectivity index (χ4n) is 0.799. The van der Waals surface area contributed by atoms with E-state index in [1.54, 1.807) is 0 Å². The van der Waals surface area contributed by atoms with Gasteiger partial charge in [-0.3, -0.25) is 0 Å². The molecule has 13 heavy (non-hydrogen) atoms. The highest BCUT2D eigenvalue weighted by molar-refractivity contribution is 9.10. The average Bonchev–Trinajstić information content (AvgIpc) is 2.09. The Morgan fingerprint density at radius 1 is 1.62 bits per heavy atom. The number of carbonyl (C=O) groups excluding carboxylic acids is 1. The summed E-state index contributed by atoms with van der Waals surface area (Å²) in [5.74, 6) is 0. The molecule has 70 valence electrons. The maximum atomic E-state index is 10.4. The highest BCUT2D eigenvalue weighted by Crippen LogP contribution is 2.31. The number of hydrogen-bond acceptors (Lipinski definition) is 2. The Labute approximate surface area is 95.0 Å². The topological polar surface area (TPSA) is 17.1 Å². The number of carbonyl (C=O) groups is 1. The quantitative estimate of drug-likeness (QED) is 0.619. The van der Waals surface area contributed by atoms with E-state index >= 15 is 0 Å². The van der Waals surface area contributed by atoms with E-state index in [1.807, 2.05) is 25.1 Å². The highest BCUT2D eigenvalue weighted by atomic mass is 79.9. The van der Waals surface area contributed by atoms with E-state index in [-0.39, 0.29) is 5.25 Å². The van der Waals surface area contributed by atoms with E-state index < -0.39 is 0 Å². The molecule has 0 aliphatic carbocycles. The first-order valence-corrected chi connectivity index (χ1v) is 5.75. The van der Waals surface area contributed by atoms with Crippen LogP contribution in [0.25, 0.3) is 0 Å². The highest BCUT2D eigenvalue weighted by Gasteiger charge is 2.06. The molecule has 0 aliphatic rings. The lowest BCUT2D eigenvalue weighted by Gasteiger charge is -2.05. The van der Waals surface area contributed by atoms with Crippen molar-refractivity contribution >= 4 is 45.6 Å². The molecule has 0 fully saturated rings. The maximum Gasteiger partial charge on any atom is 0.133 e. The van der Waals surface area contributed by atoms with Gasteiger partial charge in [0.05, 0.1) is 5.25 Å². The molecule has 0 aromatic heterocycles. The van der Waals surface area contributed by atoms with Crippen LogP contribution in [-0.4, -0.2) is 11.5 Å². The number of hydrogen-bond donors (Lipinski definition) is 0. The van der Waals surface area contributed by atoms with Crippen LogP contribution >= 0.6 is 39.3 Å². The molecule has 1 rings (SSSR count). The Bertz CT molecular complexity index is 316. The van der Waals surface area contributed by atoms with Crippen LogP contribution in [0, 0.1) is 0 Å². The van der Waals surface area contributed by atoms with Crippen molar-refractivity contribution in [2.24, 2.45) is 0 Å². The summed E-state index contributed by atoms with van der Waals surface area (Å²) in [4.78, 5) is 11.5. The lowest BCUT2D eigenvalue weighted by molar-refractivity contribution is -0.107. The SMILES string of the molecule is CC(C=O)Sc1ccc(Cl)cc1Br. The first-order valence-electron chi connectivity index (χ1n) is 3.70. The molecular weight excluding hydrogens is 272 g/mol. The van der Waals surface area contributed by atoms with Crippen LogP contribution < -0.4 is 0 Å². The van der Waals surface area contributed by atoms with E-state index in [0.717, 1.165) is 15.7 Å². The fourth-order valence-corrected chi connectivity index (χ4v) is 2.54.